The van der Waals surface area contributed by atoms with Gasteiger partial charge in [0, 0.05) is 23.5 Å². The molecule has 0 saturated heterocycles. The van der Waals surface area contributed by atoms with E-state index in [1.54, 1.807) is 0 Å². The molecule has 100 valence electrons. The van der Waals surface area contributed by atoms with Crippen molar-refractivity contribution in [3.05, 3.63) is 5.82 Å². The maximum Gasteiger partial charge on any atom is 0.228 e. The Morgan fingerprint density at radius 2 is 2.11 bits per heavy atom. The first kappa shape index (κ1) is 13.4. The third-order valence-corrected chi connectivity index (χ3v) is 4.34. The zero-order valence-electron chi connectivity index (χ0n) is 11.0. The molecule has 1 heterocycles. The molecule has 0 aliphatic heterocycles. The Balaban J connectivity index is 1.93. The van der Waals surface area contributed by atoms with Gasteiger partial charge in [0.1, 0.15) is 5.82 Å². The number of hydrogen-bond acceptors (Lipinski definition) is 5. The minimum Gasteiger partial charge on any atom is -0.314 e. The summed E-state index contributed by atoms with van der Waals surface area (Å²) in [7, 11) is 1.95. The normalized spacial score (nSPS) is 18.6. The van der Waals surface area contributed by atoms with Gasteiger partial charge in [0.05, 0.1) is 0 Å². The van der Waals surface area contributed by atoms with Gasteiger partial charge >= 0.3 is 0 Å². The van der Waals surface area contributed by atoms with Crippen molar-refractivity contribution >= 4 is 22.6 Å². The van der Waals surface area contributed by atoms with Crippen LogP contribution >= 0.6 is 11.5 Å². The van der Waals surface area contributed by atoms with Crippen LogP contribution in [0.2, 0.25) is 0 Å². The lowest BCUT2D eigenvalue weighted by molar-refractivity contribution is -0.117. The van der Waals surface area contributed by atoms with Crippen molar-refractivity contribution in [2.24, 2.45) is 0 Å². The van der Waals surface area contributed by atoms with Gasteiger partial charge in [-0.2, -0.15) is 4.37 Å². The van der Waals surface area contributed by atoms with Crippen LogP contribution in [0.3, 0.4) is 0 Å². The van der Waals surface area contributed by atoms with Crippen LogP contribution in [0.5, 0.6) is 0 Å². The molecule has 0 aromatic carbocycles. The second-order valence-electron chi connectivity index (χ2n) is 4.96. The van der Waals surface area contributed by atoms with Crippen LogP contribution in [-0.2, 0) is 4.79 Å². The second kappa shape index (κ2) is 5.75. The minimum atomic E-state index is -0.0257. The van der Waals surface area contributed by atoms with E-state index in [1.807, 2.05) is 14.0 Å². The van der Waals surface area contributed by atoms with Crippen molar-refractivity contribution in [2.45, 2.75) is 51.0 Å². The summed E-state index contributed by atoms with van der Waals surface area (Å²) in [5.74, 6) is 0.735. The fourth-order valence-electron chi connectivity index (χ4n) is 2.56. The molecule has 0 bridgehead atoms. The zero-order chi connectivity index (χ0) is 13.0. The summed E-state index contributed by atoms with van der Waals surface area (Å²) < 4.78 is 4.05. The summed E-state index contributed by atoms with van der Waals surface area (Å²) >= 11 is 1.23. The highest BCUT2D eigenvalue weighted by Gasteiger charge is 2.32. The largest absolute Gasteiger partial charge is 0.314 e. The van der Waals surface area contributed by atoms with Gasteiger partial charge in [-0.1, -0.05) is 19.3 Å². The summed E-state index contributed by atoms with van der Waals surface area (Å²) in [6.45, 7) is 1.82. The molecule has 1 aliphatic rings. The van der Waals surface area contributed by atoms with Gasteiger partial charge in [-0.05, 0) is 26.8 Å². The summed E-state index contributed by atoms with van der Waals surface area (Å²) in [5, 5.41) is 6.78. The van der Waals surface area contributed by atoms with Crippen molar-refractivity contribution in [1.82, 2.24) is 14.7 Å². The van der Waals surface area contributed by atoms with Crippen molar-refractivity contribution in [1.29, 1.82) is 0 Å². The topological polar surface area (TPSA) is 66.9 Å². The molecule has 2 rings (SSSR count). The van der Waals surface area contributed by atoms with Gasteiger partial charge in [-0.25, -0.2) is 4.98 Å². The van der Waals surface area contributed by atoms with Crippen LogP contribution in [-0.4, -0.2) is 27.9 Å². The first-order valence-electron chi connectivity index (χ1n) is 6.43. The van der Waals surface area contributed by atoms with Crippen molar-refractivity contribution in [3.8, 4) is 0 Å². The van der Waals surface area contributed by atoms with Crippen LogP contribution in [0.15, 0.2) is 0 Å². The molecule has 1 saturated carbocycles. The maximum atomic E-state index is 12.0. The summed E-state index contributed by atoms with van der Waals surface area (Å²) in [6.07, 6.45) is 6.35. The van der Waals surface area contributed by atoms with Crippen LogP contribution in [0, 0.1) is 6.92 Å². The Bertz CT molecular complexity index is 412. The zero-order valence-corrected chi connectivity index (χ0v) is 11.8. The lowest BCUT2D eigenvalue weighted by atomic mass is 9.79. The molecular weight excluding hydrogens is 248 g/mol. The van der Waals surface area contributed by atoms with E-state index in [2.05, 4.69) is 20.0 Å². The van der Waals surface area contributed by atoms with E-state index in [0.717, 1.165) is 12.8 Å². The Hall–Kier alpha value is -1.01. The van der Waals surface area contributed by atoms with Crippen molar-refractivity contribution in [3.63, 3.8) is 0 Å². The first-order chi connectivity index (χ1) is 8.63. The van der Waals surface area contributed by atoms with Crippen LogP contribution < -0.4 is 10.6 Å². The van der Waals surface area contributed by atoms with E-state index < -0.39 is 0 Å². The number of anilines is 1. The molecule has 0 atom stereocenters. The highest BCUT2D eigenvalue weighted by molar-refractivity contribution is 7.09. The summed E-state index contributed by atoms with van der Waals surface area (Å²) in [5.41, 5.74) is -0.0257. The summed E-state index contributed by atoms with van der Waals surface area (Å²) in [6, 6.07) is 0. The molecule has 0 spiro atoms. The average molecular weight is 268 g/mol. The number of carbonyl (C=O) groups excluding carboxylic acids is 1. The predicted molar refractivity (Wildman–Crippen MR) is 72.8 cm³/mol. The third-order valence-electron chi connectivity index (χ3n) is 3.61. The highest BCUT2D eigenvalue weighted by Crippen LogP contribution is 2.31. The van der Waals surface area contributed by atoms with Crippen molar-refractivity contribution < 1.29 is 4.79 Å². The maximum absolute atomic E-state index is 12.0. The smallest absolute Gasteiger partial charge is 0.228 e. The van der Waals surface area contributed by atoms with Gasteiger partial charge in [0.2, 0.25) is 11.0 Å². The standard InChI is InChI=1S/C12H20N4OS/c1-9-14-11(18-16-9)15-10(17)8-12(13-2)6-4-3-5-7-12/h13H,3-8H2,1-2H3,(H,14,15,16,17). The molecule has 2 N–H and O–H groups in total. The molecule has 0 unspecified atom stereocenters. The molecular formula is C12H20N4OS. The molecule has 1 aliphatic carbocycles. The number of nitrogens with one attached hydrogen (secondary N) is 2. The monoisotopic (exact) mass is 268 g/mol. The Morgan fingerprint density at radius 3 is 2.67 bits per heavy atom. The van der Waals surface area contributed by atoms with Crippen molar-refractivity contribution in [2.75, 3.05) is 12.4 Å². The van der Waals surface area contributed by atoms with E-state index in [4.69, 9.17) is 0 Å². The average Bonchev–Trinajstić information content (AvgIpc) is 2.75. The number of amides is 1. The van der Waals surface area contributed by atoms with Gasteiger partial charge in [-0.15, -0.1) is 0 Å². The number of aryl methyl sites for hydroxylation is 1. The molecule has 18 heavy (non-hydrogen) atoms. The SMILES string of the molecule is CNC1(CC(=O)Nc2nc(C)ns2)CCCCC1. The fraction of sp³-hybridized carbons (Fsp3) is 0.750. The van der Waals surface area contributed by atoms with E-state index >= 15 is 0 Å². The lowest BCUT2D eigenvalue weighted by Crippen LogP contribution is -2.47. The van der Waals surface area contributed by atoms with Crippen LogP contribution in [0.25, 0.3) is 0 Å². The molecule has 1 fully saturated rings. The predicted octanol–water partition coefficient (Wildman–Crippen LogP) is 2.10. The van der Waals surface area contributed by atoms with Gasteiger partial charge < -0.3 is 10.6 Å². The quantitative estimate of drug-likeness (QED) is 0.877. The molecule has 1 aromatic rings. The van der Waals surface area contributed by atoms with Gasteiger partial charge in [0.25, 0.3) is 0 Å². The molecule has 0 radical (unpaired) electrons. The van der Waals surface area contributed by atoms with Crippen LogP contribution in [0.4, 0.5) is 5.13 Å². The Kier molecular flexibility index (Phi) is 4.29. The van der Waals surface area contributed by atoms with Gasteiger partial charge in [-0.3, -0.25) is 4.79 Å². The van der Waals surface area contributed by atoms with E-state index in [0.29, 0.717) is 17.4 Å². The molecule has 1 amide bonds. The number of aromatic nitrogens is 2. The van der Waals surface area contributed by atoms with E-state index in [-0.39, 0.29) is 11.4 Å². The molecule has 6 heteroatoms. The van der Waals surface area contributed by atoms with E-state index in [9.17, 15) is 4.79 Å². The lowest BCUT2D eigenvalue weighted by Gasteiger charge is -2.36. The number of carbonyl (C=O) groups is 1. The summed E-state index contributed by atoms with van der Waals surface area (Å²) in [4.78, 5) is 16.2. The molecule has 1 aromatic heterocycles. The van der Waals surface area contributed by atoms with E-state index in [1.165, 1.54) is 30.8 Å². The fourth-order valence-corrected chi connectivity index (χ4v) is 3.15. The first-order valence-corrected chi connectivity index (χ1v) is 7.20. The number of rotatable bonds is 4. The highest BCUT2D eigenvalue weighted by atomic mass is 32.1. The van der Waals surface area contributed by atoms with Crippen LogP contribution in [0.1, 0.15) is 44.3 Å². The minimum absolute atomic E-state index is 0.0257. The molecule has 5 nitrogen and oxygen atoms in total. The second-order valence-corrected chi connectivity index (χ2v) is 5.71. The Morgan fingerprint density at radius 1 is 1.39 bits per heavy atom. The Labute approximate surface area is 112 Å². The number of hydrogen-bond donors (Lipinski definition) is 2. The number of nitrogens with zero attached hydrogens (tertiary/aromatic N) is 2. The van der Waals surface area contributed by atoms with Gasteiger partial charge in [0.15, 0.2) is 0 Å². The third kappa shape index (κ3) is 3.26.